The summed E-state index contributed by atoms with van der Waals surface area (Å²) >= 11 is 12.6. The summed E-state index contributed by atoms with van der Waals surface area (Å²) in [6.45, 7) is 6.02. The number of anilines is 2. The lowest BCUT2D eigenvalue weighted by atomic mass is 10.0. The van der Waals surface area contributed by atoms with E-state index in [0.717, 1.165) is 22.3 Å². The summed E-state index contributed by atoms with van der Waals surface area (Å²) < 4.78 is 0. The topological polar surface area (TPSA) is 75.4 Å². The van der Waals surface area contributed by atoms with Crippen molar-refractivity contribution in [2.24, 2.45) is 0 Å². The molecule has 0 unspecified atom stereocenters. The summed E-state index contributed by atoms with van der Waals surface area (Å²) in [5, 5.41) is 2.09. The van der Waals surface area contributed by atoms with Crippen LogP contribution in [0.25, 0.3) is 22.0 Å². The van der Waals surface area contributed by atoms with Gasteiger partial charge in [0.2, 0.25) is 11.9 Å². The van der Waals surface area contributed by atoms with E-state index in [2.05, 4.69) is 21.4 Å². The summed E-state index contributed by atoms with van der Waals surface area (Å²) in [6, 6.07) is 11.3. The zero-order valence-electron chi connectivity index (χ0n) is 15.6. The number of nitrogens with two attached hydrogens (primary N) is 1. The number of carbonyl (C=O) groups is 1. The average Bonchev–Trinajstić information content (AvgIpc) is 2.73. The molecule has 148 valence electrons. The van der Waals surface area contributed by atoms with Gasteiger partial charge in [-0.15, -0.1) is 0 Å². The Labute approximate surface area is 178 Å². The molecule has 2 aromatic carbocycles. The molecule has 2 heterocycles. The molecule has 1 aromatic heterocycles. The largest absolute Gasteiger partial charge is 0.368 e. The van der Waals surface area contributed by atoms with Crippen molar-refractivity contribution in [1.29, 1.82) is 0 Å². The molecule has 6 nitrogen and oxygen atoms in total. The van der Waals surface area contributed by atoms with E-state index in [1.165, 1.54) is 6.08 Å². The Kier molecular flexibility index (Phi) is 5.30. The minimum absolute atomic E-state index is 0.0616. The van der Waals surface area contributed by atoms with Gasteiger partial charge in [0.25, 0.3) is 0 Å². The molecule has 1 saturated heterocycles. The van der Waals surface area contributed by atoms with E-state index in [4.69, 9.17) is 28.9 Å². The Hall–Kier alpha value is -2.83. The average molecular weight is 428 g/mol. The fraction of sp³-hybridized carbons (Fsp3) is 0.190. The first-order valence-electron chi connectivity index (χ1n) is 9.15. The third-order valence-electron chi connectivity index (χ3n) is 5.00. The Balaban J connectivity index is 1.76. The normalized spacial score (nSPS) is 14.3. The number of benzene rings is 2. The summed E-state index contributed by atoms with van der Waals surface area (Å²) in [4.78, 5) is 24.6. The second-order valence-electron chi connectivity index (χ2n) is 6.78. The molecule has 2 N–H and O–H groups in total. The predicted molar refractivity (Wildman–Crippen MR) is 118 cm³/mol. The molecule has 0 saturated carbocycles. The third kappa shape index (κ3) is 3.86. The number of fused-ring (bicyclic) bond motifs is 1. The first kappa shape index (κ1) is 19.5. The highest BCUT2D eigenvalue weighted by Crippen LogP contribution is 2.36. The molecule has 1 aliphatic heterocycles. The lowest BCUT2D eigenvalue weighted by Gasteiger charge is -2.35. The first-order valence-corrected chi connectivity index (χ1v) is 9.91. The minimum atomic E-state index is -0.0616. The van der Waals surface area contributed by atoms with Gasteiger partial charge < -0.3 is 15.5 Å². The number of aromatic nitrogens is 2. The molecule has 0 radical (unpaired) electrons. The predicted octanol–water partition coefficient (Wildman–Crippen LogP) is 4.02. The van der Waals surface area contributed by atoms with Gasteiger partial charge in [0.05, 0.1) is 10.5 Å². The number of nitrogen functional groups attached to an aromatic ring is 1. The van der Waals surface area contributed by atoms with E-state index >= 15 is 0 Å². The van der Waals surface area contributed by atoms with Crippen molar-refractivity contribution in [1.82, 2.24) is 14.9 Å². The van der Waals surface area contributed by atoms with E-state index in [-0.39, 0.29) is 11.9 Å². The van der Waals surface area contributed by atoms with E-state index in [0.29, 0.717) is 41.7 Å². The van der Waals surface area contributed by atoms with E-state index in [9.17, 15) is 4.79 Å². The van der Waals surface area contributed by atoms with Crippen molar-refractivity contribution in [2.45, 2.75) is 0 Å². The van der Waals surface area contributed by atoms with Crippen LogP contribution in [0.5, 0.6) is 0 Å². The number of amides is 1. The van der Waals surface area contributed by atoms with Gasteiger partial charge in [-0.1, -0.05) is 41.9 Å². The smallest absolute Gasteiger partial charge is 0.246 e. The maximum Gasteiger partial charge on any atom is 0.246 e. The van der Waals surface area contributed by atoms with Gasteiger partial charge in [0, 0.05) is 42.2 Å². The molecule has 0 aliphatic carbocycles. The zero-order valence-corrected chi connectivity index (χ0v) is 17.1. The molecule has 29 heavy (non-hydrogen) atoms. The summed E-state index contributed by atoms with van der Waals surface area (Å²) in [5.74, 6) is 0.867. The lowest BCUT2D eigenvalue weighted by molar-refractivity contribution is -0.126. The Morgan fingerprint density at radius 3 is 2.41 bits per heavy atom. The van der Waals surface area contributed by atoms with Gasteiger partial charge in [0.15, 0.2) is 0 Å². The molecule has 4 rings (SSSR count). The second kappa shape index (κ2) is 7.89. The maximum atomic E-state index is 11.9. The van der Waals surface area contributed by atoms with Crippen molar-refractivity contribution in [2.75, 3.05) is 36.8 Å². The van der Waals surface area contributed by atoms with Crippen LogP contribution in [0.4, 0.5) is 11.8 Å². The number of rotatable bonds is 3. The van der Waals surface area contributed by atoms with Crippen LogP contribution in [0, 0.1) is 0 Å². The van der Waals surface area contributed by atoms with Crippen LogP contribution < -0.4 is 10.6 Å². The molecule has 1 amide bonds. The number of nitrogens with zero attached hydrogens (tertiary/aromatic N) is 4. The Bertz CT molecular complexity index is 1090. The van der Waals surface area contributed by atoms with E-state index in [1.54, 1.807) is 11.0 Å². The molecule has 0 spiro atoms. The fourth-order valence-electron chi connectivity index (χ4n) is 3.51. The van der Waals surface area contributed by atoms with Gasteiger partial charge in [-0.2, -0.15) is 4.98 Å². The molecular formula is C21H19Cl2N5O. The first-order chi connectivity index (χ1) is 14.0. The van der Waals surface area contributed by atoms with Crippen molar-refractivity contribution < 1.29 is 4.79 Å². The number of hydrogen-bond donors (Lipinski definition) is 1. The van der Waals surface area contributed by atoms with Crippen molar-refractivity contribution >= 4 is 51.8 Å². The number of hydrogen-bond acceptors (Lipinski definition) is 5. The second-order valence-corrected chi connectivity index (χ2v) is 7.62. The van der Waals surface area contributed by atoms with Crippen molar-refractivity contribution in [3.63, 3.8) is 0 Å². The van der Waals surface area contributed by atoms with Crippen LogP contribution in [0.2, 0.25) is 10.0 Å². The van der Waals surface area contributed by atoms with Gasteiger partial charge in [-0.05, 0) is 35.9 Å². The number of piperazine rings is 1. The molecule has 1 fully saturated rings. The quantitative estimate of drug-likeness (QED) is 0.638. The monoisotopic (exact) mass is 427 g/mol. The summed E-state index contributed by atoms with van der Waals surface area (Å²) in [6.07, 6.45) is 1.34. The minimum Gasteiger partial charge on any atom is -0.368 e. The standard InChI is InChI=1S/C21H19Cl2N5O/c1-2-19(29)27-7-9-28(10-8-27)20-16-11-15(13-3-5-14(22)6-4-13)17(23)12-18(16)25-21(24)26-20/h2-6,11-12H,1,7-10H2,(H2,24,25,26). The van der Waals surface area contributed by atoms with E-state index < -0.39 is 0 Å². The highest BCUT2D eigenvalue weighted by atomic mass is 35.5. The van der Waals surface area contributed by atoms with Gasteiger partial charge in [0.1, 0.15) is 5.82 Å². The highest BCUT2D eigenvalue weighted by molar-refractivity contribution is 6.34. The fourth-order valence-corrected chi connectivity index (χ4v) is 3.90. The van der Waals surface area contributed by atoms with Gasteiger partial charge in [-0.25, -0.2) is 4.98 Å². The third-order valence-corrected chi connectivity index (χ3v) is 5.57. The number of halogens is 2. The zero-order chi connectivity index (χ0) is 20.5. The van der Waals surface area contributed by atoms with Crippen LogP contribution in [0.1, 0.15) is 0 Å². The lowest BCUT2D eigenvalue weighted by Crippen LogP contribution is -2.48. The Morgan fingerprint density at radius 1 is 1.07 bits per heavy atom. The molecule has 0 atom stereocenters. The summed E-state index contributed by atoms with van der Waals surface area (Å²) in [7, 11) is 0. The van der Waals surface area contributed by atoms with Crippen molar-refractivity contribution in [3.8, 4) is 11.1 Å². The highest BCUT2D eigenvalue weighted by Gasteiger charge is 2.23. The SMILES string of the molecule is C=CC(=O)N1CCN(c2nc(N)nc3cc(Cl)c(-c4ccc(Cl)cc4)cc23)CC1. The van der Waals surface area contributed by atoms with Crippen molar-refractivity contribution in [3.05, 3.63) is 59.1 Å². The van der Waals surface area contributed by atoms with Crippen LogP contribution in [0.15, 0.2) is 49.1 Å². The maximum absolute atomic E-state index is 11.9. The summed E-state index contributed by atoms with van der Waals surface area (Å²) in [5.41, 5.74) is 8.46. The Morgan fingerprint density at radius 2 is 1.76 bits per heavy atom. The van der Waals surface area contributed by atoms with Gasteiger partial charge >= 0.3 is 0 Å². The van der Waals surface area contributed by atoms with Gasteiger partial charge in [-0.3, -0.25) is 4.79 Å². The molecular weight excluding hydrogens is 409 g/mol. The van der Waals surface area contributed by atoms with Crippen LogP contribution >= 0.6 is 23.2 Å². The molecule has 8 heteroatoms. The number of carbonyl (C=O) groups excluding carboxylic acids is 1. The molecule has 1 aliphatic rings. The molecule has 3 aromatic rings. The molecule has 0 bridgehead atoms. The van der Waals surface area contributed by atoms with Crippen LogP contribution in [0.3, 0.4) is 0 Å². The van der Waals surface area contributed by atoms with E-state index in [1.807, 2.05) is 30.3 Å². The van der Waals surface area contributed by atoms with Crippen LogP contribution in [-0.4, -0.2) is 47.0 Å². The van der Waals surface area contributed by atoms with Crippen LogP contribution in [-0.2, 0) is 4.79 Å².